The highest BCUT2D eigenvalue weighted by Gasteiger charge is 2.08. The van der Waals surface area contributed by atoms with Gasteiger partial charge in [0.2, 0.25) is 0 Å². The van der Waals surface area contributed by atoms with Crippen LogP contribution in [0.15, 0.2) is 0 Å². The molecule has 0 fully saturated rings. The van der Waals surface area contributed by atoms with Crippen LogP contribution in [0.1, 0.15) is 98.8 Å². The van der Waals surface area contributed by atoms with Crippen molar-refractivity contribution in [2.75, 3.05) is 0 Å². The van der Waals surface area contributed by atoms with Gasteiger partial charge in [0.15, 0.2) is 0 Å². The second kappa shape index (κ2) is 13.0. The predicted molar refractivity (Wildman–Crippen MR) is 89.3 cm³/mol. The van der Waals surface area contributed by atoms with Crippen LogP contribution in [0, 0.1) is 24.2 Å². The molecule has 0 N–H and O–H groups in total. The fraction of sp³-hybridized carbons (Fsp3) is 0.947. The number of unbranched alkanes of at least 4 members (excludes halogenated alkanes) is 3. The fourth-order valence-corrected chi connectivity index (χ4v) is 3.14. The zero-order valence-corrected chi connectivity index (χ0v) is 14.4. The van der Waals surface area contributed by atoms with Crippen molar-refractivity contribution in [3.63, 3.8) is 0 Å². The molecule has 2 atom stereocenters. The summed E-state index contributed by atoms with van der Waals surface area (Å²) in [6.07, 6.45) is 16.5. The first kappa shape index (κ1) is 19.0. The van der Waals surface area contributed by atoms with Gasteiger partial charge >= 0.3 is 0 Å². The molecule has 0 saturated heterocycles. The zero-order valence-electron chi connectivity index (χ0n) is 14.4. The summed E-state index contributed by atoms with van der Waals surface area (Å²) in [4.78, 5) is 0. The Morgan fingerprint density at radius 2 is 1.53 bits per heavy atom. The second-order valence-corrected chi connectivity index (χ2v) is 6.96. The summed E-state index contributed by atoms with van der Waals surface area (Å²) >= 11 is 0. The highest BCUT2D eigenvalue weighted by molar-refractivity contribution is 4.71. The minimum absolute atomic E-state index is 0.865. The molecule has 0 radical (unpaired) electrons. The maximum atomic E-state index is 2.49. The lowest BCUT2D eigenvalue weighted by Crippen LogP contribution is -2.04. The average molecular weight is 268 g/mol. The first-order chi connectivity index (χ1) is 9.10. The van der Waals surface area contributed by atoms with Gasteiger partial charge in [-0.05, 0) is 18.3 Å². The Labute approximate surface area is 123 Å². The molecule has 0 saturated carbocycles. The van der Waals surface area contributed by atoms with Gasteiger partial charge in [0.1, 0.15) is 0 Å². The van der Waals surface area contributed by atoms with E-state index in [0.29, 0.717) is 0 Å². The van der Waals surface area contributed by atoms with Gasteiger partial charge in [-0.15, -0.1) is 0 Å². The summed E-state index contributed by atoms with van der Waals surface area (Å²) in [6.45, 7) is 11.7. The monoisotopic (exact) mass is 267 g/mol. The van der Waals surface area contributed by atoms with Crippen LogP contribution in [0.5, 0.6) is 0 Å². The molecule has 0 heteroatoms. The van der Waals surface area contributed by atoms with Crippen molar-refractivity contribution in [3.8, 4) is 0 Å². The van der Waals surface area contributed by atoms with Crippen LogP contribution < -0.4 is 0 Å². The van der Waals surface area contributed by atoms with Crippen molar-refractivity contribution in [2.24, 2.45) is 17.8 Å². The van der Waals surface area contributed by atoms with Crippen molar-refractivity contribution in [2.45, 2.75) is 98.8 Å². The molecule has 0 nitrogen and oxygen atoms in total. The molecule has 0 amide bonds. The summed E-state index contributed by atoms with van der Waals surface area (Å²) in [5, 5.41) is 0. The van der Waals surface area contributed by atoms with Gasteiger partial charge in [0.25, 0.3) is 0 Å². The largest absolute Gasteiger partial charge is 0.328 e. The van der Waals surface area contributed by atoms with Crippen LogP contribution in [0.2, 0.25) is 0 Å². The Morgan fingerprint density at radius 3 is 2.11 bits per heavy atom. The van der Waals surface area contributed by atoms with Crippen molar-refractivity contribution >= 4 is 0 Å². The van der Waals surface area contributed by atoms with E-state index in [1.165, 1.54) is 64.2 Å². The summed E-state index contributed by atoms with van der Waals surface area (Å²) in [5.74, 6) is 2.76. The topological polar surface area (TPSA) is 0 Å². The van der Waals surface area contributed by atoms with E-state index in [9.17, 15) is 0 Å². The molecule has 0 bridgehead atoms. The summed E-state index contributed by atoms with van der Waals surface area (Å²) in [7, 11) is 0. The van der Waals surface area contributed by atoms with Crippen LogP contribution in [0.4, 0.5) is 0 Å². The molecule has 2 unspecified atom stereocenters. The Bertz CT molecular complexity index is 171. The van der Waals surface area contributed by atoms with Crippen LogP contribution in [0.3, 0.4) is 0 Å². The highest BCUT2D eigenvalue weighted by atomic mass is 14.2. The molecule has 0 spiro atoms. The van der Waals surface area contributed by atoms with E-state index in [1.54, 1.807) is 0 Å². The van der Waals surface area contributed by atoms with E-state index < -0.39 is 0 Å². The summed E-state index contributed by atoms with van der Waals surface area (Å²) in [6, 6.07) is 0. The van der Waals surface area contributed by atoms with E-state index in [1.807, 2.05) is 0 Å². The molecule has 0 heterocycles. The Hall–Kier alpha value is 0. The van der Waals surface area contributed by atoms with E-state index in [2.05, 4.69) is 41.0 Å². The van der Waals surface area contributed by atoms with Crippen molar-refractivity contribution in [3.05, 3.63) is 6.42 Å². The molecule has 0 aromatic heterocycles. The quantitative estimate of drug-likeness (QED) is 0.248. The first-order valence-corrected chi connectivity index (χ1v) is 8.91. The van der Waals surface area contributed by atoms with Crippen LogP contribution in [-0.4, -0.2) is 0 Å². The lowest BCUT2D eigenvalue weighted by molar-refractivity contribution is 0.357. The minimum atomic E-state index is 0.865. The van der Waals surface area contributed by atoms with Crippen LogP contribution >= 0.6 is 0 Å². The van der Waals surface area contributed by atoms with Gasteiger partial charge in [-0.25, -0.2) is 0 Å². The maximum absolute atomic E-state index is 2.49. The molecule has 19 heavy (non-hydrogen) atoms. The molecule has 116 valence electrons. The first-order valence-electron chi connectivity index (χ1n) is 8.91. The zero-order chi connectivity index (χ0) is 14.5. The maximum Gasteiger partial charge on any atom is -0.0440 e. The highest BCUT2D eigenvalue weighted by Crippen LogP contribution is 2.25. The number of hydrogen-bond donors (Lipinski definition) is 0. The van der Waals surface area contributed by atoms with Gasteiger partial charge in [-0.1, -0.05) is 85.5 Å². The lowest BCUT2D eigenvalue weighted by atomic mass is 9.88. The Morgan fingerprint density at radius 1 is 0.842 bits per heavy atom. The van der Waals surface area contributed by atoms with Gasteiger partial charge in [0, 0.05) is 0 Å². The van der Waals surface area contributed by atoms with E-state index in [4.69, 9.17) is 0 Å². The van der Waals surface area contributed by atoms with Gasteiger partial charge in [0.05, 0.1) is 0 Å². The third-order valence-corrected chi connectivity index (χ3v) is 4.19. The van der Waals surface area contributed by atoms with Crippen molar-refractivity contribution < 1.29 is 0 Å². The van der Waals surface area contributed by atoms with Crippen molar-refractivity contribution in [1.29, 1.82) is 0 Å². The summed E-state index contributed by atoms with van der Waals surface area (Å²) < 4.78 is 0. The molecule has 0 aliphatic carbocycles. The SMILES string of the molecule is CC[CH-]CC(CCCCC)CCCC(C)CC(C)C. The van der Waals surface area contributed by atoms with Gasteiger partial charge in [-0.3, -0.25) is 0 Å². The van der Waals surface area contributed by atoms with Gasteiger partial charge in [-0.2, -0.15) is 12.8 Å². The third-order valence-electron chi connectivity index (χ3n) is 4.19. The van der Waals surface area contributed by atoms with E-state index in [-0.39, 0.29) is 0 Å². The second-order valence-electron chi connectivity index (χ2n) is 6.96. The average Bonchev–Trinajstić information content (AvgIpc) is 2.34. The lowest BCUT2D eigenvalue weighted by Gasteiger charge is -2.22. The van der Waals surface area contributed by atoms with Crippen LogP contribution in [-0.2, 0) is 0 Å². The molecular formula is C19H39-. The molecule has 0 aliphatic rings. The predicted octanol–water partition coefficient (Wildman–Crippen LogP) is 7.04. The van der Waals surface area contributed by atoms with E-state index in [0.717, 1.165) is 17.8 Å². The molecule has 0 aromatic carbocycles. The molecule has 0 aliphatic heterocycles. The number of hydrogen-bond acceptors (Lipinski definition) is 0. The molecule has 0 aromatic rings. The summed E-state index contributed by atoms with van der Waals surface area (Å²) in [5.41, 5.74) is 0. The van der Waals surface area contributed by atoms with Gasteiger partial charge < -0.3 is 6.42 Å². The Balaban J connectivity index is 3.76. The molecule has 0 rings (SSSR count). The third kappa shape index (κ3) is 12.8. The van der Waals surface area contributed by atoms with Crippen molar-refractivity contribution in [1.82, 2.24) is 0 Å². The fourth-order valence-electron chi connectivity index (χ4n) is 3.14. The van der Waals surface area contributed by atoms with Crippen LogP contribution in [0.25, 0.3) is 0 Å². The Kier molecular flexibility index (Phi) is 13.0. The normalized spacial score (nSPS) is 14.8. The minimum Gasteiger partial charge on any atom is -0.328 e. The smallest absolute Gasteiger partial charge is 0.0440 e. The van der Waals surface area contributed by atoms with E-state index >= 15 is 0 Å². The number of rotatable bonds is 13. The molecular weight excluding hydrogens is 228 g/mol. The standard InChI is InChI=1S/C19H39/c1-6-8-10-14-19(13-9-7-2)15-11-12-18(5)16-17(3)4/h9,17-19H,6-8,10-16H2,1-5H3/q-1.